The topological polar surface area (TPSA) is 94.0 Å². The van der Waals surface area contributed by atoms with Crippen LogP contribution in [0.1, 0.15) is 5.69 Å². The van der Waals surface area contributed by atoms with E-state index >= 15 is 0 Å². The summed E-state index contributed by atoms with van der Waals surface area (Å²) in [7, 11) is 0. The van der Waals surface area contributed by atoms with Gasteiger partial charge < -0.3 is 15.6 Å². The largest absolute Gasteiger partial charge is 0.397 e. The molecule has 1 aromatic carbocycles. The van der Waals surface area contributed by atoms with Crippen molar-refractivity contribution in [1.29, 1.82) is 0 Å². The molecule has 6 nitrogen and oxygen atoms in total. The van der Waals surface area contributed by atoms with Gasteiger partial charge in [0.15, 0.2) is 5.58 Å². The molecule has 0 aliphatic carbocycles. The smallest absolute Gasteiger partial charge is 0.231 e. The van der Waals surface area contributed by atoms with Crippen molar-refractivity contribution in [2.45, 2.75) is 6.42 Å². The van der Waals surface area contributed by atoms with Gasteiger partial charge in [-0.05, 0) is 34.1 Å². The van der Waals surface area contributed by atoms with Gasteiger partial charge in [0.05, 0.1) is 22.8 Å². The molecule has 0 fully saturated rings. The van der Waals surface area contributed by atoms with E-state index in [1.165, 1.54) is 6.20 Å². The number of benzene rings is 1. The van der Waals surface area contributed by atoms with Crippen LogP contribution in [0.15, 0.2) is 45.5 Å². The van der Waals surface area contributed by atoms with E-state index in [2.05, 4.69) is 31.4 Å². The summed E-state index contributed by atoms with van der Waals surface area (Å²) in [5.41, 5.74) is 7.37. The lowest BCUT2D eigenvalue weighted by atomic mass is 10.1. The molecule has 3 N–H and O–H groups in total. The van der Waals surface area contributed by atoms with Crippen LogP contribution in [0.4, 0.5) is 11.5 Å². The second-order valence-corrected chi connectivity index (χ2v) is 5.30. The van der Waals surface area contributed by atoms with E-state index in [0.29, 0.717) is 27.3 Å². The first-order valence-electron chi connectivity index (χ1n) is 6.17. The zero-order chi connectivity index (χ0) is 14.8. The molecule has 0 atom stereocenters. The fraction of sp³-hybridized carbons (Fsp3) is 0.0714. The van der Waals surface area contributed by atoms with E-state index in [9.17, 15) is 4.79 Å². The average molecular weight is 347 g/mol. The van der Waals surface area contributed by atoms with Crippen LogP contribution in [0.25, 0.3) is 11.0 Å². The second-order valence-electron chi connectivity index (χ2n) is 4.45. The lowest BCUT2D eigenvalue weighted by Gasteiger charge is -2.06. The van der Waals surface area contributed by atoms with E-state index in [-0.39, 0.29) is 12.3 Å². The molecule has 106 valence electrons. The average Bonchev–Trinajstić information content (AvgIpc) is 2.85. The molecule has 0 bridgehead atoms. The molecule has 0 spiro atoms. The number of hydrogen-bond acceptors (Lipinski definition) is 5. The van der Waals surface area contributed by atoms with Crippen LogP contribution in [0.3, 0.4) is 0 Å². The van der Waals surface area contributed by atoms with Crippen LogP contribution in [0.5, 0.6) is 0 Å². The first-order chi connectivity index (χ1) is 10.1. The maximum atomic E-state index is 12.1. The summed E-state index contributed by atoms with van der Waals surface area (Å²) in [4.78, 5) is 16.1. The highest BCUT2D eigenvalue weighted by Crippen LogP contribution is 2.22. The van der Waals surface area contributed by atoms with Gasteiger partial charge in [-0.15, -0.1) is 0 Å². The quantitative estimate of drug-likeness (QED) is 0.760. The van der Waals surface area contributed by atoms with Gasteiger partial charge in [-0.2, -0.15) is 0 Å². The van der Waals surface area contributed by atoms with Gasteiger partial charge in [0.25, 0.3) is 0 Å². The Morgan fingerprint density at radius 3 is 3.00 bits per heavy atom. The van der Waals surface area contributed by atoms with E-state index in [1.54, 1.807) is 6.07 Å². The van der Waals surface area contributed by atoms with Crippen molar-refractivity contribution in [1.82, 2.24) is 10.1 Å². The van der Waals surface area contributed by atoms with E-state index < -0.39 is 0 Å². The van der Waals surface area contributed by atoms with Crippen molar-refractivity contribution in [3.63, 3.8) is 0 Å². The Bertz CT molecular complexity index is 816. The third kappa shape index (κ3) is 2.87. The number of nitrogens with one attached hydrogen (secondary N) is 1. The van der Waals surface area contributed by atoms with Gasteiger partial charge in [-0.3, -0.25) is 4.79 Å². The molecule has 0 aliphatic heterocycles. The van der Waals surface area contributed by atoms with Crippen LogP contribution in [-0.4, -0.2) is 16.0 Å². The minimum atomic E-state index is -0.230. The van der Waals surface area contributed by atoms with Crippen LogP contribution < -0.4 is 11.1 Å². The van der Waals surface area contributed by atoms with Crippen molar-refractivity contribution in [3.05, 3.63) is 46.7 Å². The predicted octanol–water partition coefficient (Wildman–Crippen LogP) is 2.75. The zero-order valence-electron chi connectivity index (χ0n) is 10.8. The number of nitrogens with two attached hydrogens (primary N) is 1. The summed E-state index contributed by atoms with van der Waals surface area (Å²) in [6.07, 6.45) is 1.58. The number of carbonyl (C=O) groups is 1. The summed E-state index contributed by atoms with van der Waals surface area (Å²) in [5, 5.41) is 7.46. The number of para-hydroxylation sites is 1. The Labute approximate surface area is 128 Å². The van der Waals surface area contributed by atoms with Gasteiger partial charge in [0.1, 0.15) is 11.5 Å². The summed E-state index contributed by atoms with van der Waals surface area (Å²) < 4.78 is 5.79. The number of rotatable bonds is 3. The number of aromatic nitrogens is 2. The molecule has 0 unspecified atom stereocenters. The maximum Gasteiger partial charge on any atom is 0.231 e. The van der Waals surface area contributed by atoms with Crippen LogP contribution >= 0.6 is 15.9 Å². The molecule has 0 radical (unpaired) electrons. The van der Waals surface area contributed by atoms with Gasteiger partial charge in [0, 0.05) is 5.39 Å². The van der Waals surface area contributed by atoms with Crippen molar-refractivity contribution in [2.75, 3.05) is 11.1 Å². The zero-order valence-corrected chi connectivity index (χ0v) is 12.4. The first-order valence-corrected chi connectivity index (χ1v) is 6.97. The standard InChI is InChI=1S/C14H11BrN4O2/c15-10-5-8(16)7-17-14(10)18-13(20)6-11-9-3-1-2-4-12(9)21-19-11/h1-5,7H,6,16H2,(H,17,18,20). The van der Waals surface area contributed by atoms with Gasteiger partial charge in [-0.1, -0.05) is 17.3 Å². The molecule has 3 rings (SSSR count). The Hall–Kier alpha value is -2.41. The van der Waals surface area contributed by atoms with Gasteiger partial charge in [-0.25, -0.2) is 4.98 Å². The summed E-state index contributed by atoms with van der Waals surface area (Å²) in [6, 6.07) is 9.08. The molecule has 21 heavy (non-hydrogen) atoms. The Morgan fingerprint density at radius 1 is 1.38 bits per heavy atom. The summed E-state index contributed by atoms with van der Waals surface area (Å²) in [5.74, 6) is 0.189. The predicted molar refractivity (Wildman–Crippen MR) is 82.7 cm³/mol. The van der Waals surface area contributed by atoms with E-state index in [0.717, 1.165) is 5.39 Å². The highest BCUT2D eigenvalue weighted by molar-refractivity contribution is 9.10. The second kappa shape index (κ2) is 5.53. The van der Waals surface area contributed by atoms with Crippen LogP contribution in [-0.2, 0) is 11.2 Å². The first kappa shape index (κ1) is 13.6. The molecule has 1 amide bonds. The van der Waals surface area contributed by atoms with E-state index in [1.807, 2.05) is 24.3 Å². The molecule has 0 saturated heterocycles. The number of carbonyl (C=O) groups excluding carboxylic acids is 1. The number of nitrogen functional groups attached to an aromatic ring is 1. The Balaban J connectivity index is 1.77. The lowest BCUT2D eigenvalue weighted by molar-refractivity contribution is -0.115. The van der Waals surface area contributed by atoms with Crippen molar-refractivity contribution < 1.29 is 9.32 Å². The van der Waals surface area contributed by atoms with Crippen LogP contribution in [0, 0.1) is 0 Å². The fourth-order valence-electron chi connectivity index (χ4n) is 1.94. The summed E-state index contributed by atoms with van der Waals surface area (Å²) >= 11 is 3.30. The molecular formula is C14H11BrN4O2. The van der Waals surface area contributed by atoms with Crippen molar-refractivity contribution >= 4 is 44.3 Å². The molecule has 7 heteroatoms. The number of amides is 1. The van der Waals surface area contributed by atoms with Gasteiger partial charge >= 0.3 is 0 Å². The number of nitrogens with zero attached hydrogens (tertiary/aromatic N) is 2. The SMILES string of the molecule is Nc1cnc(NC(=O)Cc2noc3ccccc23)c(Br)c1. The number of pyridine rings is 1. The van der Waals surface area contributed by atoms with E-state index in [4.69, 9.17) is 10.3 Å². The lowest BCUT2D eigenvalue weighted by Crippen LogP contribution is -2.16. The molecule has 0 saturated carbocycles. The third-order valence-electron chi connectivity index (χ3n) is 2.90. The molecular weight excluding hydrogens is 336 g/mol. The highest BCUT2D eigenvalue weighted by Gasteiger charge is 2.13. The highest BCUT2D eigenvalue weighted by atomic mass is 79.9. The minimum Gasteiger partial charge on any atom is -0.397 e. The monoisotopic (exact) mass is 346 g/mol. The Morgan fingerprint density at radius 2 is 2.19 bits per heavy atom. The normalized spacial score (nSPS) is 10.7. The molecule has 0 aliphatic rings. The Kier molecular flexibility index (Phi) is 3.57. The summed E-state index contributed by atoms with van der Waals surface area (Å²) in [6.45, 7) is 0. The van der Waals surface area contributed by atoms with Crippen LogP contribution in [0.2, 0.25) is 0 Å². The van der Waals surface area contributed by atoms with Gasteiger partial charge in [0.2, 0.25) is 5.91 Å². The number of hydrogen-bond donors (Lipinski definition) is 2. The fourth-order valence-corrected chi connectivity index (χ4v) is 2.40. The maximum absolute atomic E-state index is 12.1. The molecule has 2 heterocycles. The number of fused-ring (bicyclic) bond motifs is 1. The number of anilines is 2. The third-order valence-corrected chi connectivity index (χ3v) is 3.50. The molecule has 2 aromatic heterocycles. The van der Waals surface area contributed by atoms with Crippen molar-refractivity contribution in [2.24, 2.45) is 0 Å². The minimum absolute atomic E-state index is 0.107. The number of halogens is 1. The van der Waals surface area contributed by atoms with Crippen molar-refractivity contribution in [3.8, 4) is 0 Å². The molecule has 3 aromatic rings.